The second-order valence-electron chi connectivity index (χ2n) is 5.55. The zero-order valence-electron chi connectivity index (χ0n) is 13.2. The molecule has 0 aliphatic carbocycles. The van der Waals surface area contributed by atoms with E-state index < -0.39 is 0 Å². The highest BCUT2D eigenvalue weighted by Gasteiger charge is 2.12. The monoisotopic (exact) mass is 345 g/mol. The molecule has 120 valence electrons. The first-order chi connectivity index (χ1) is 11.3. The Kier molecular flexibility index (Phi) is 5.47. The molecule has 3 aromatic rings. The molecule has 0 aliphatic heterocycles. The van der Waals surface area contributed by atoms with Crippen molar-refractivity contribution in [3.63, 3.8) is 0 Å². The number of aromatic nitrogens is 2. The number of thiophene rings is 1. The number of hydrogen-bond acceptors (Lipinski definition) is 4. The number of hydrogen-bond donors (Lipinski definition) is 1. The van der Waals surface area contributed by atoms with Crippen molar-refractivity contribution in [3.05, 3.63) is 41.0 Å². The molecule has 1 N–H and O–H groups in total. The smallest absolute Gasteiger partial charge is 0.138 e. The summed E-state index contributed by atoms with van der Waals surface area (Å²) in [4.78, 5) is 9.88. The standard InChI is InChI=1S/C18H20ClN3S/c1-2-3-4-5-10-20-17-16-15(11-23-18(16)22-12-21-17)13-6-8-14(19)9-7-13/h6-9,11-12H,2-5,10H2,1H3,(H,20,21,22). The quantitative estimate of drug-likeness (QED) is 0.533. The van der Waals surface area contributed by atoms with Gasteiger partial charge in [-0.1, -0.05) is 49.9 Å². The minimum atomic E-state index is 0.749. The molecule has 0 radical (unpaired) electrons. The molecule has 0 saturated heterocycles. The lowest BCUT2D eigenvalue weighted by molar-refractivity contribution is 0.684. The van der Waals surface area contributed by atoms with E-state index in [0.717, 1.165) is 33.2 Å². The predicted octanol–water partition coefficient (Wildman–Crippen LogP) is 6.00. The first-order valence-corrected chi connectivity index (χ1v) is 9.27. The second kappa shape index (κ2) is 7.75. The maximum atomic E-state index is 6.00. The van der Waals surface area contributed by atoms with E-state index in [1.165, 1.54) is 31.2 Å². The van der Waals surface area contributed by atoms with Gasteiger partial charge in [-0.3, -0.25) is 0 Å². The average molecular weight is 346 g/mol. The molecule has 3 nitrogen and oxygen atoms in total. The molecule has 5 heteroatoms. The normalized spacial score (nSPS) is 11.0. The number of anilines is 1. The van der Waals surface area contributed by atoms with E-state index in [2.05, 4.69) is 27.6 Å². The van der Waals surface area contributed by atoms with Crippen LogP contribution in [0.25, 0.3) is 21.3 Å². The lowest BCUT2D eigenvalue weighted by atomic mass is 10.1. The number of benzene rings is 1. The number of nitrogens with one attached hydrogen (secondary N) is 1. The zero-order valence-corrected chi connectivity index (χ0v) is 14.8. The number of unbranched alkanes of at least 4 members (excludes halogenated alkanes) is 3. The van der Waals surface area contributed by atoms with Crippen LogP contribution >= 0.6 is 22.9 Å². The van der Waals surface area contributed by atoms with E-state index in [1.54, 1.807) is 17.7 Å². The van der Waals surface area contributed by atoms with Gasteiger partial charge in [-0.25, -0.2) is 9.97 Å². The lowest BCUT2D eigenvalue weighted by Crippen LogP contribution is -2.04. The summed E-state index contributed by atoms with van der Waals surface area (Å²) in [5.41, 5.74) is 2.31. The van der Waals surface area contributed by atoms with Crippen LogP contribution in [0.15, 0.2) is 36.0 Å². The minimum absolute atomic E-state index is 0.749. The van der Waals surface area contributed by atoms with Gasteiger partial charge in [0.15, 0.2) is 0 Å². The molecule has 2 heterocycles. The molecule has 0 bridgehead atoms. The van der Waals surface area contributed by atoms with Gasteiger partial charge in [-0.05, 0) is 24.1 Å². The van der Waals surface area contributed by atoms with E-state index in [0.29, 0.717) is 0 Å². The number of rotatable bonds is 7. The molecule has 0 unspecified atom stereocenters. The van der Waals surface area contributed by atoms with E-state index in [-0.39, 0.29) is 0 Å². The Morgan fingerprint density at radius 2 is 1.91 bits per heavy atom. The van der Waals surface area contributed by atoms with E-state index >= 15 is 0 Å². The van der Waals surface area contributed by atoms with Crippen LogP contribution in [-0.4, -0.2) is 16.5 Å². The van der Waals surface area contributed by atoms with Crippen molar-refractivity contribution < 1.29 is 0 Å². The van der Waals surface area contributed by atoms with Crippen molar-refractivity contribution in [1.29, 1.82) is 0 Å². The lowest BCUT2D eigenvalue weighted by Gasteiger charge is -2.08. The summed E-state index contributed by atoms with van der Waals surface area (Å²) < 4.78 is 0. The van der Waals surface area contributed by atoms with Gasteiger partial charge >= 0.3 is 0 Å². The second-order valence-corrected chi connectivity index (χ2v) is 6.84. The molecule has 3 rings (SSSR count). The molecule has 0 spiro atoms. The fraction of sp³-hybridized carbons (Fsp3) is 0.333. The molecule has 23 heavy (non-hydrogen) atoms. The number of halogens is 1. The van der Waals surface area contributed by atoms with Crippen LogP contribution in [0.2, 0.25) is 5.02 Å². The van der Waals surface area contributed by atoms with Gasteiger partial charge in [0, 0.05) is 22.5 Å². The summed E-state index contributed by atoms with van der Waals surface area (Å²) in [5, 5.41) is 7.48. The topological polar surface area (TPSA) is 37.8 Å². The van der Waals surface area contributed by atoms with Crippen LogP contribution in [0.4, 0.5) is 5.82 Å². The summed E-state index contributed by atoms with van der Waals surface area (Å²) in [6, 6.07) is 7.92. The highest BCUT2D eigenvalue weighted by atomic mass is 35.5. The number of fused-ring (bicyclic) bond motifs is 1. The summed E-state index contributed by atoms with van der Waals surface area (Å²) in [6.07, 6.45) is 6.60. The molecule has 0 fully saturated rings. The van der Waals surface area contributed by atoms with E-state index in [9.17, 15) is 0 Å². The Morgan fingerprint density at radius 1 is 1.09 bits per heavy atom. The summed E-state index contributed by atoms with van der Waals surface area (Å²) in [5.74, 6) is 0.928. The van der Waals surface area contributed by atoms with Gasteiger partial charge in [-0.2, -0.15) is 0 Å². The van der Waals surface area contributed by atoms with Crippen molar-refractivity contribution in [2.45, 2.75) is 32.6 Å². The first kappa shape index (κ1) is 16.2. The molecule has 0 amide bonds. The van der Waals surface area contributed by atoms with Gasteiger partial charge in [0.2, 0.25) is 0 Å². The van der Waals surface area contributed by atoms with Crippen LogP contribution in [0.5, 0.6) is 0 Å². The van der Waals surface area contributed by atoms with Crippen LogP contribution in [0.3, 0.4) is 0 Å². The van der Waals surface area contributed by atoms with Crippen LogP contribution in [-0.2, 0) is 0 Å². The third-order valence-corrected chi connectivity index (χ3v) is 4.99. The van der Waals surface area contributed by atoms with Gasteiger partial charge in [0.1, 0.15) is 17.0 Å². The molecule has 2 aromatic heterocycles. The average Bonchev–Trinajstić information content (AvgIpc) is 3.00. The Morgan fingerprint density at radius 3 is 2.70 bits per heavy atom. The Balaban J connectivity index is 1.86. The SMILES string of the molecule is CCCCCCNc1ncnc2scc(-c3ccc(Cl)cc3)c12. The van der Waals surface area contributed by atoms with Gasteiger partial charge in [-0.15, -0.1) is 11.3 Å². The minimum Gasteiger partial charge on any atom is -0.369 e. The maximum Gasteiger partial charge on any atom is 0.138 e. The molecule has 0 saturated carbocycles. The zero-order chi connectivity index (χ0) is 16.1. The summed E-state index contributed by atoms with van der Waals surface area (Å²) in [7, 11) is 0. The molecular weight excluding hydrogens is 326 g/mol. The van der Waals surface area contributed by atoms with E-state index in [1.807, 2.05) is 24.3 Å². The van der Waals surface area contributed by atoms with Gasteiger partial charge in [0.05, 0.1) is 5.39 Å². The Bertz CT molecular complexity index is 768. The molecule has 0 atom stereocenters. The highest BCUT2D eigenvalue weighted by Crippen LogP contribution is 2.36. The molecule has 0 aliphatic rings. The van der Waals surface area contributed by atoms with Gasteiger partial charge < -0.3 is 5.32 Å². The third-order valence-electron chi connectivity index (χ3n) is 3.85. The van der Waals surface area contributed by atoms with Crippen molar-refractivity contribution >= 4 is 39.0 Å². The summed E-state index contributed by atoms with van der Waals surface area (Å²) >= 11 is 7.65. The Labute approximate surface area is 145 Å². The maximum absolute atomic E-state index is 6.00. The third kappa shape index (κ3) is 3.82. The first-order valence-electron chi connectivity index (χ1n) is 8.01. The van der Waals surface area contributed by atoms with Crippen LogP contribution in [0, 0.1) is 0 Å². The largest absolute Gasteiger partial charge is 0.369 e. The Hall–Kier alpha value is -1.65. The molecule has 1 aromatic carbocycles. The van der Waals surface area contributed by atoms with Gasteiger partial charge in [0.25, 0.3) is 0 Å². The molecular formula is C18H20ClN3S. The fourth-order valence-electron chi connectivity index (χ4n) is 2.61. The summed E-state index contributed by atoms with van der Waals surface area (Å²) in [6.45, 7) is 3.17. The van der Waals surface area contributed by atoms with Crippen molar-refractivity contribution in [1.82, 2.24) is 9.97 Å². The van der Waals surface area contributed by atoms with E-state index in [4.69, 9.17) is 11.6 Å². The van der Waals surface area contributed by atoms with Crippen LogP contribution in [0.1, 0.15) is 32.6 Å². The van der Waals surface area contributed by atoms with Crippen molar-refractivity contribution in [2.24, 2.45) is 0 Å². The number of nitrogens with zero attached hydrogens (tertiary/aromatic N) is 2. The van der Waals surface area contributed by atoms with Crippen molar-refractivity contribution in [3.8, 4) is 11.1 Å². The highest BCUT2D eigenvalue weighted by molar-refractivity contribution is 7.17. The fourth-order valence-corrected chi connectivity index (χ4v) is 3.65. The van der Waals surface area contributed by atoms with Crippen LogP contribution < -0.4 is 5.32 Å². The predicted molar refractivity (Wildman–Crippen MR) is 100 cm³/mol. The van der Waals surface area contributed by atoms with Crippen molar-refractivity contribution in [2.75, 3.05) is 11.9 Å².